The van der Waals surface area contributed by atoms with Crippen LogP contribution in [0.5, 0.6) is 0 Å². The highest BCUT2D eigenvalue weighted by molar-refractivity contribution is 5.47. The zero-order valence-electron chi connectivity index (χ0n) is 9.28. The summed E-state index contributed by atoms with van der Waals surface area (Å²) in [4.78, 5) is 2.06. The topological polar surface area (TPSA) is 23.5 Å². The Labute approximate surface area is 90.3 Å². The zero-order chi connectivity index (χ0) is 11.3. The van der Waals surface area contributed by atoms with Crippen LogP contribution in [0.4, 0.5) is 10.1 Å². The van der Waals surface area contributed by atoms with Gasteiger partial charge in [0.1, 0.15) is 5.82 Å². The molecule has 0 saturated carbocycles. The van der Waals surface area contributed by atoms with E-state index >= 15 is 0 Å². The van der Waals surface area contributed by atoms with Crippen LogP contribution in [0, 0.1) is 5.82 Å². The number of rotatable bonds is 1. The molecular formula is C12H18FNO. The Bertz CT molecular complexity index is 286. The molecule has 0 amide bonds. The molecule has 2 nitrogen and oxygen atoms in total. The normalized spacial score (nSPS) is 19.7. The Morgan fingerprint density at radius 1 is 1.27 bits per heavy atom. The third-order valence-electron chi connectivity index (χ3n) is 2.36. The summed E-state index contributed by atoms with van der Waals surface area (Å²) in [5.41, 5.74) is 0.984. The lowest BCUT2D eigenvalue weighted by atomic mass is 10.3. The van der Waals surface area contributed by atoms with E-state index < -0.39 is 0 Å². The molecule has 2 rings (SSSR count). The highest BCUT2D eigenvalue weighted by atomic mass is 19.1. The van der Waals surface area contributed by atoms with Gasteiger partial charge in [0.15, 0.2) is 0 Å². The molecule has 1 aromatic rings. The van der Waals surface area contributed by atoms with Crippen molar-refractivity contribution >= 4 is 5.69 Å². The maximum absolute atomic E-state index is 12.6. The summed E-state index contributed by atoms with van der Waals surface area (Å²) in [5, 5.41) is 9.30. The highest BCUT2D eigenvalue weighted by Crippen LogP contribution is 2.20. The first-order valence-corrected chi connectivity index (χ1v) is 5.44. The lowest BCUT2D eigenvalue weighted by Gasteiger charge is -2.17. The quantitative estimate of drug-likeness (QED) is 0.771. The largest absolute Gasteiger partial charge is 0.391 e. The van der Waals surface area contributed by atoms with E-state index in [1.807, 2.05) is 13.8 Å². The number of aliphatic hydroxyl groups is 1. The minimum Gasteiger partial charge on any atom is -0.391 e. The number of benzene rings is 1. The molecule has 1 N–H and O–H groups in total. The fraction of sp³-hybridized carbons (Fsp3) is 0.500. The van der Waals surface area contributed by atoms with Crippen LogP contribution >= 0.6 is 0 Å². The Morgan fingerprint density at radius 3 is 2.33 bits per heavy atom. The summed E-state index contributed by atoms with van der Waals surface area (Å²) in [6.45, 7) is 5.51. The zero-order valence-corrected chi connectivity index (χ0v) is 9.28. The second-order valence-electron chi connectivity index (χ2n) is 3.36. The minimum atomic E-state index is -0.231. The third-order valence-corrected chi connectivity index (χ3v) is 2.36. The molecule has 1 unspecified atom stereocenters. The predicted molar refractivity (Wildman–Crippen MR) is 60.6 cm³/mol. The molecule has 0 spiro atoms. The van der Waals surface area contributed by atoms with Crippen LogP contribution in [0.1, 0.15) is 20.3 Å². The van der Waals surface area contributed by atoms with E-state index in [0.29, 0.717) is 6.54 Å². The number of hydrogen-bond acceptors (Lipinski definition) is 2. The van der Waals surface area contributed by atoms with Gasteiger partial charge in [0.2, 0.25) is 0 Å². The van der Waals surface area contributed by atoms with Crippen LogP contribution < -0.4 is 4.90 Å². The molecule has 0 aliphatic carbocycles. The molecule has 1 aromatic carbocycles. The van der Waals surface area contributed by atoms with Gasteiger partial charge in [-0.25, -0.2) is 4.39 Å². The van der Waals surface area contributed by atoms with Gasteiger partial charge in [-0.2, -0.15) is 0 Å². The van der Waals surface area contributed by atoms with Crippen molar-refractivity contribution in [3.05, 3.63) is 30.1 Å². The van der Waals surface area contributed by atoms with Crippen molar-refractivity contribution < 1.29 is 9.50 Å². The molecule has 3 heteroatoms. The van der Waals surface area contributed by atoms with Crippen molar-refractivity contribution in [3.8, 4) is 0 Å². The molecule has 1 aliphatic rings. The van der Waals surface area contributed by atoms with Gasteiger partial charge >= 0.3 is 0 Å². The van der Waals surface area contributed by atoms with Crippen molar-refractivity contribution in [1.82, 2.24) is 0 Å². The van der Waals surface area contributed by atoms with Gasteiger partial charge in [0.25, 0.3) is 0 Å². The van der Waals surface area contributed by atoms with E-state index in [1.165, 1.54) is 12.1 Å². The lowest BCUT2D eigenvalue weighted by Crippen LogP contribution is -2.20. The average molecular weight is 211 g/mol. The summed E-state index contributed by atoms with van der Waals surface area (Å²) in [6.07, 6.45) is 0.572. The number of nitrogens with zero attached hydrogens (tertiary/aromatic N) is 1. The molecule has 0 bridgehead atoms. The first-order chi connectivity index (χ1) is 7.25. The van der Waals surface area contributed by atoms with E-state index in [4.69, 9.17) is 0 Å². The molecule has 1 aliphatic heterocycles. The molecule has 15 heavy (non-hydrogen) atoms. The smallest absolute Gasteiger partial charge is 0.123 e. The summed E-state index contributed by atoms with van der Waals surface area (Å²) in [5.74, 6) is -0.219. The second-order valence-corrected chi connectivity index (χ2v) is 3.36. The average Bonchev–Trinajstić information content (AvgIpc) is 2.69. The summed E-state index contributed by atoms with van der Waals surface area (Å²) >= 11 is 0. The van der Waals surface area contributed by atoms with Crippen LogP contribution in [0.25, 0.3) is 0 Å². The van der Waals surface area contributed by atoms with Gasteiger partial charge in [-0.1, -0.05) is 13.8 Å². The molecule has 1 atom stereocenters. The van der Waals surface area contributed by atoms with E-state index in [-0.39, 0.29) is 11.9 Å². The summed E-state index contributed by atoms with van der Waals surface area (Å²) < 4.78 is 12.6. The van der Waals surface area contributed by atoms with Gasteiger partial charge in [-0.15, -0.1) is 0 Å². The van der Waals surface area contributed by atoms with Gasteiger partial charge in [0.05, 0.1) is 6.10 Å². The number of halogens is 1. The molecule has 0 aromatic heterocycles. The number of hydrogen-bond donors (Lipinski definition) is 1. The first-order valence-electron chi connectivity index (χ1n) is 5.44. The first kappa shape index (κ1) is 12.0. The van der Waals surface area contributed by atoms with Crippen LogP contribution in [0.15, 0.2) is 24.3 Å². The molecule has 1 fully saturated rings. The summed E-state index contributed by atoms with van der Waals surface area (Å²) in [7, 11) is 0. The van der Waals surface area contributed by atoms with Crippen molar-refractivity contribution in [2.75, 3.05) is 18.0 Å². The van der Waals surface area contributed by atoms with E-state index in [2.05, 4.69) is 4.90 Å². The monoisotopic (exact) mass is 211 g/mol. The molecule has 0 radical (unpaired) electrons. The molecule has 1 heterocycles. The number of β-amino-alcohol motifs (C(OH)–C–C–N with tert-alkyl or cyclic N) is 1. The molecule has 1 saturated heterocycles. The van der Waals surface area contributed by atoms with Gasteiger partial charge in [0, 0.05) is 18.8 Å². The minimum absolute atomic E-state index is 0.219. The van der Waals surface area contributed by atoms with Crippen LogP contribution in [-0.4, -0.2) is 24.3 Å². The van der Waals surface area contributed by atoms with Crippen molar-refractivity contribution in [3.63, 3.8) is 0 Å². The maximum Gasteiger partial charge on any atom is 0.123 e. The standard InChI is InChI=1S/C10H12FNO.C2H6/c11-8-1-3-9(4-2-8)12-6-5-10(13)7-12;1-2/h1-4,10,13H,5-7H2;1-2H3. The van der Waals surface area contributed by atoms with E-state index in [1.54, 1.807) is 12.1 Å². The highest BCUT2D eigenvalue weighted by Gasteiger charge is 2.19. The Balaban J connectivity index is 0.000000531. The van der Waals surface area contributed by atoms with Crippen molar-refractivity contribution in [2.45, 2.75) is 26.4 Å². The maximum atomic E-state index is 12.6. The van der Waals surface area contributed by atoms with Crippen molar-refractivity contribution in [2.24, 2.45) is 0 Å². The fourth-order valence-electron chi connectivity index (χ4n) is 1.63. The number of anilines is 1. The van der Waals surface area contributed by atoms with Gasteiger partial charge < -0.3 is 10.0 Å². The number of aliphatic hydroxyl groups excluding tert-OH is 1. The summed E-state index contributed by atoms with van der Waals surface area (Å²) in [6, 6.07) is 6.38. The molecular weight excluding hydrogens is 193 g/mol. The Morgan fingerprint density at radius 2 is 1.87 bits per heavy atom. The van der Waals surface area contributed by atoms with Crippen LogP contribution in [-0.2, 0) is 0 Å². The van der Waals surface area contributed by atoms with Crippen molar-refractivity contribution in [1.29, 1.82) is 0 Å². The predicted octanol–water partition coefficient (Wildman–Crippen LogP) is 2.42. The Hall–Kier alpha value is -1.09. The second kappa shape index (κ2) is 5.71. The van der Waals surface area contributed by atoms with E-state index in [9.17, 15) is 9.50 Å². The van der Waals surface area contributed by atoms with Crippen LogP contribution in [0.3, 0.4) is 0 Å². The van der Waals surface area contributed by atoms with Gasteiger partial charge in [-0.05, 0) is 30.7 Å². The SMILES string of the molecule is CC.OC1CCN(c2ccc(F)cc2)C1. The van der Waals surface area contributed by atoms with E-state index in [0.717, 1.165) is 18.7 Å². The molecule has 84 valence electrons. The Kier molecular flexibility index (Phi) is 4.56. The lowest BCUT2D eigenvalue weighted by molar-refractivity contribution is 0.198. The third kappa shape index (κ3) is 3.20. The fourth-order valence-corrected chi connectivity index (χ4v) is 1.63. The van der Waals surface area contributed by atoms with Gasteiger partial charge in [-0.3, -0.25) is 0 Å². The van der Waals surface area contributed by atoms with Crippen LogP contribution in [0.2, 0.25) is 0 Å².